The van der Waals surface area contributed by atoms with Crippen LogP contribution < -0.4 is 0 Å². The molecule has 1 unspecified atom stereocenters. The molecule has 1 saturated carbocycles. The Morgan fingerprint density at radius 3 is 2.67 bits per heavy atom. The van der Waals surface area contributed by atoms with Crippen LogP contribution in [0.15, 0.2) is 24.3 Å². The van der Waals surface area contributed by atoms with Crippen LogP contribution in [0.3, 0.4) is 0 Å². The van der Waals surface area contributed by atoms with Crippen LogP contribution in [0, 0.1) is 11.3 Å². The topological polar surface area (TPSA) is 27.1 Å². The highest BCUT2D eigenvalue weighted by Gasteiger charge is 2.25. The fourth-order valence-corrected chi connectivity index (χ4v) is 2.88. The molecule has 0 bridgehead atoms. The Balaban J connectivity index is 2.08. The Bertz CT molecular complexity index is 424. The molecule has 1 aliphatic rings. The van der Waals surface area contributed by atoms with Crippen molar-refractivity contribution in [3.63, 3.8) is 0 Å². The van der Waals surface area contributed by atoms with Gasteiger partial charge in [0.2, 0.25) is 0 Å². The van der Waals surface area contributed by atoms with E-state index in [1.165, 1.54) is 31.2 Å². The number of benzene rings is 1. The summed E-state index contributed by atoms with van der Waals surface area (Å²) in [6.45, 7) is 2.13. The molecule has 2 rings (SSSR count). The summed E-state index contributed by atoms with van der Waals surface area (Å²) in [5.41, 5.74) is 1.17. The third kappa shape index (κ3) is 2.86. The van der Waals surface area contributed by atoms with Crippen molar-refractivity contribution in [3.8, 4) is 0 Å². The second-order valence-corrected chi connectivity index (χ2v) is 5.64. The average Bonchev–Trinajstić information content (AvgIpc) is 2.90. The third-order valence-corrected chi connectivity index (χ3v) is 4.27. The van der Waals surface area contributed by atoms with E-state index < -0.39 is 0 Å². The van der Waals surface area contributed by atoms with Crippen molar-refractivity contribution in [2.45, 2.75) is 38.6 Å². The molecule has 1 aliphatic carbocycles. The van der Waals surface area contributed by atoms with Crippen molar-refractivity contribution in [2.75, 3.05) is 7.05 Å². The minimum absolute atomic E-state index is 0.205. The van der Waals surface area contributed by atoms with Crippen LogP contribution >= 0.6 is 11.6 Å². The van der Waals surface area contributed by atoms with Gasteiger partial charge in [-0.25, -0.2) is 0 Å². The van der Waals surface area contributed by atoms with Gasteiger partial charge in [0.1, 0.15) is 0 Å². The molecule has 0 aliphatic heterocycles. The fraction of sp³-hybridized carbons (Fsp3) is 0.533. The number of hydrogen-bond donors (Lipinski definition) is 1. The summed E-state index contributed by atoms with van der Waals surface area (Å²) in [5, 5.41) is 9.08. The van der Waals surface area contributed by atoms with E-state index in [-0.39, 0.29) is 6.04 Å². The van der Waals surface area contributed by atoms with Gasteiger partial charge in [-0.2, -0.15) is 0 Å². The number of nitrogens with zero attached hydrogens (tertiary/aromatic N) is 1. The molecular formula is C15H21ClN2. The van der Waals surface area contributed by atoms with Gasteiger partial charge < -0.3 is 4.90 Å². The van der Waals surface area contributed by atoms with E-state index in [9.17, 15) is 0 Å². The third-order valence-electron chi connectivity index (χ3n) is 4.03. The van der Waals surface area contributed by atoms with Crippen LogP contribution in [0.4, 0.5) is 0 Å². The minimum atomic E-state index is 0.205. The highest BCUT2D eigenvalue weighted by Crippen LogP contribution is 2.30. The Hall–Kier alpha value is -1.02. The molecule has 0 heterocycles. The maximum absolute atomic E-state index is 8.32. The number of rotatable bonds is 3. The van der Waals surface area contributed by atoms with E-state index in [1.54, 1.807) is 0 Å². The second-order valence-electron chi connectivity index (χ2n) is 5.21. The van der Waals surface area contributed by atoms with Crippen molar-refractivity contribution < 1.29 is 0 Å². The summed E-state index contributed by atoms with van der Waals surface area (Å²) in [6, 6.07) is 8.14. The SMILES string of the molecule is CC(c1cccc(Cl)c1)N(C)C(=N)C1CCCC1. The zero-order valence-electron chi connectivity index (χ0n) is 11.1. The van der Waals surface area contributed by atoms with E-state index in [0.717, 1.165) is 10.9 Å². The zero-order chi connectivity index (χ0) is 13.1. The molecule has 98 valence electrons. The van der Waals surface area contributed by atoms with Crippen molar-refractivity contribution in [1.82, 2.24) is 4.90 Å². The molecule has 1 fully saturated rings. The number of hydrogen-bond acceptors (Lipinski definition) is 1. The maximum Gasteiger partial charge on any atom is 0.0991 e. The molecule has 1 N–H and O–H groups in total. The quantitative estimate of drug-likeness (QED) is 0.632. The minimum Gasteiger partial charge on any atom is -0.357 e. The smallest absolute Gasteiger partial charge is 0.0991 e. The summed E-state index contributed by atoms with van der Waals surface area (Å²) in [4.78, 5) is 2.08. The van der Waals surface area contributed by atoms with Crippen LogP contribution in [0.5, 0.6) is 0 Å². The van der Waals surface area contributed by atoms with Gasteiger partial charge in [-0.1, -0.05) is 36.6 Å². The molecule has 0 aromatic heterocycles. The van der Waals surface area contributed by atoms with Crippen molar-refractivity contribution in [2.24, 2.45) is 5.92 Å². The van der Waals surface area contributed by atoms with Gasteiger partial charge >= 0.3 is 0 Å². The van der Waals surface area contributed by atoms with Gasteiger partial charge in [-0.05, 0) is 37.5 Å². The molecule has 2 nitrogen and oxygen atoms in total. The Morgan fingerprint density at radius 1 is 1.39 bits per heavy atom. The molecule has 1 atom stereocenters. The molecule has 0 spiro atoms. The Kier molecular flexibility index (Phi) is 4.28. The van der Waals surface area contributed by atoms with Crippen LogP contribution in [-0.2, 0) is 0 Å². The first-order valence-electron chi connectivity index (χ1n) is 6.66. The fourth-order valence-electron chi connectivity index (χ4n) is 2.69. The molecule has 0 radical (unpaired) electrons. The summed E-state index contributed by atoms with van der Waals surface area (Å²) < 4.78 is 0. The summed E-state index contributed by atoms with van der Waals surface area (Å²) in [6.07, 6.45) is 4.88. The molecule has 18 heavy (non-hydrogen) atoms. The molecular weight excluding hydrogens is 244 g/mol. The number of halogens is 1. The first-order valence-corrected chi connectivity index (χ1v) is 7.04. The maximum atomic E-state index is 8.32. The zero-order valence-corrected chi connectivity index (χ0v) is 11.9. The average molecular weight is 265 g/mol. The van der Waals surface area contributed by atoms with Crippen LogP contribution in [0.25, 0.3) is 0 Å². The lowest BCUT2D eigenvalue weighted by molar-refractivity contribution is 0.375. The standard InChI is InChI=1S/C15H21ClN2/c1-11(13-8-5-9-14(16)10-13)18(2)15(17)12-6-3-4-7-12/h5,8-12,17H,3-4,6-7H2,1-2H3. The molecule has 1 aromatic rings. The molecule has 1 aromatic carbocycles. The Labute approximate surface area is 114 Å². The van der Waals surface area contributed by atoms with Crippen molar-refractivity contribution in [3.05, 3.63) is 34.9 Å². The molecule has 3 heteroatoms. The highest BCUT2D eigenvalue weighted by atomic mass is 35.5. The van der Waals surface area contributed by atoms with Gasteiger partial charge in [0, 0.05) is 18.0 Å². The predicted octanol–water partition coefficient (Wildman–Crippen LogP) is 4.50. The second kappa shape index (κ2) is 5.75. The number of amidine groups is 1. The van der Waals surface area contributed by atoms with E-state index in [2.05, 4.69) is 17.9 Å². The van der Waals surface area contributed by atoms with Crippen LogP contribution in [-0.4, -0.2) is 17.8 Å². The van der Waals surface area contributed by atoms with E-state index in [1.807, 2.05) is 25.2 Å². The normalized spacial score (nSPS) is 17.7. The van der Waals surface area contributed by atoms with Gasteiger partial charge in [-0.15, -0.1) is 0 Å². The number of nitrogens with one attached hydrogen (secondary N) is 1. The predicted molar refractivity (Wildman–Crippen MR) is 77.3 cm³/mol. The summed E-state index contributed by atoms with van der Waals surface area (Å²) >= 11 is 6.03. The van der Waals surface area contributed by atoms with E-state index in [0.29, 0.717) is 5.92 Å². The Morgan fingerprint density at radius 2 is 2.06 bits per heavy atom. The summed E-state index contributed by atoms with van der Waals surface area (Å²) in [7, 11) is 2.02. The van der Waals surface area contributed by atoms with Crippen LogP contribution in [0.1, 0.15) is 44.2 Å². The lowest BCUT2D eigenvalue weighted by Gasteiger charge is -2.30. The van der Waals surface area contributed by atoms with Gasteiger partial charge in [0.15, 0.2) is 0 Å². The van der Waals surface area contributed by atoms with Crippen molar-refractivity contribution in [1.29, 1.82) is 5.41 Å². The lowest BCUT2D eigenvalue weighted by Crippen LogP contribution is -2.33. The first-order chi connectivity index (χ1) is 8.59. The summed E-state index contributed by atoms with van der Waals surface area (Å²) in [5.74, 6) is 1.23. The molecule has 0 amide bonds. The molecule has 0 saturated heterocycles. The largest absolute Gasteiger partial charge is 0.357 e. The van der Waals surface area contributed by atoms with E-state index >= 15 is 0 Å². The monoisotopic (exact) mass is 264 g/mol. The van der Waals surface area contributed by atoms with Gasteiger partial charge in [-0.3, -0.25) is 5.41 Å². The lowest BCUT2D eigenvalue weighted by atomic mass is 10.0. The highest BCUT2D eigenvalue weighted by molar-refractivity contribution is 6.30. The van der Waals surface area contributed by atoms with Crippen LogP contribution in [0.2, 0.25) is 5.02 Å². The van der Waals surface area contributed by atoms with E-state index in [4.69, 9.17) is 17.0 Å². The first kappa shape index (κ1) is 13.4. The van der Waals surface area contributed by atoms with Gasteiger partial charge in [0.25, 0.3) is 0 Å². The van der Waals surface area contributed by atoms with Crippen molar-refractivity contribution >= 4 is 17.4 Å². The van der Waals surface area contributed by atoms with Gasteiger partial charge in [0.05, 0.1) is 11.9 Å².